The van der Waals surface area contributed by atoms with E-state index in [-0.39, 0.29) is 17.9 Å². The maximum absolute atomic E-state index is 12.3. The number of benzene rings is 1. The maximum Gasteiger partial charge on any atom is 0.231 e. The Bertz CT molecular complexity index is 439. The normalized spacial score (nSPS) is 22.4. The molecule has 1 aromatic rings. The molecule has 1 aliphatic heterocycles. The van der Waals surface area contributed by atoms with Crippen LogP contribution in [0.3, 0.4) is 0 Å². The molecule has 2 rings (SSSR count). The fourth-order valence-corrected chi connectivity index (χ4v) is 2.67. The second kappa shape index (κ2) is 6.93. The largest absolute Gasteiger partial charge is 0.379 e. The fraction of sp³-hybridized carbons (Fsp3) is 0.500. The number of carbonyl (C=O) groups is 1. The minimum atomic E-state index is -0.113. The van der Waals surface area contributed by atoms with Crippen LogP contribution >= 0.6 is 11.8 Å². The van der Waals surface area contributed by atoms with Crippen LogP contribution in [-0.4, -0.2) is 38.0 Å². The minimum absolute atomic E-state index is 0.0294. The van der Waals surface area contributed by atoms with Gasteiger partial charge in [0.2, 0.25) is 5.91 Å². The quantitative estimate of drug-likeness (QED) is 0.810. The van der Waals surface area contributed by atoms with Crippen molar-refractivity contribution in [1.82, 2.24) is 5.32 Å². The third-order valence-corrected chi connectivity index (χ3v) is 3.95. The van der Waals surface area contributed by atoms with Crippen molar-refractivity contribution < 1.29 is 9.53 Å². The van der Waals surface area contributed by atoms with Crippen LogP contribution in [0.25, 0.3) is 0 Å². The van der Waals surface area contributed by atoms with Gasteiger partial charge in [0.25, 0.3) is 0 Å². The van der Waals surface area contributed by atoms with Crippen molar-refractivity contribution in [3.63, 3.8) is 0 Å². The summed E-state index contributed by atoms with van der Waals surface area (Å²) in [5.41, 5.74) is 0.846. The summed E-state index contributed by atoms with van der Waals surface area (Å²) < 4.78 is 5.40. The third-order valence-electron chi connectivity index (χ3n) is 3.22. The molecule has 2 atom stereocenters. The van der Waals surface area contributed by atoms with Crippen LogP contribution in [0.4, 0.5) is 5.69 Å². The van der Waals surface area contributed by atoms with Crippen LogP contribution in [-0.2, 0) is 9.53 Å². The summed E-state index contributed by atoms with van der Waals surface area (Å²) in [6.07, 6.45) is 2.02. The number of rotatable bonds is 5. The highest BCUT2D eigenvalue weighted by molar-refractivity contribution is 7.98. The van der Waals surface area contributed by atoms with Gasteiger partial charge in [-0.05, 0) is 31.0 Å². The van der Waals surface area contributed by atoms with Gasteiger partial charge in [0.1, 0.15) is 0 Å². The summed E-state index contributed by atoms with van der Waals surface area (Å²) in [6, 6.07) is 8.00. The van der Waals surface area contributed by atoms with E-state index in [1.807, 2.05) is 37.4 Å². The molecule has 2 unspecified atom stereocenters. The number of amides is 1. The minimum Gasteiger partial charge on any atom is -0.379 e. The van der Waals surface area contributed by atoms with Crippen LogP contribution in [0, 0.1) is 5.92 Å². The Labute approximate surface area is 118 Å². The third kappa shape index (κ3) is 3.72. The number of nitrogens with one attached hydrogen (secondary N) is 2. The molecule has 1 aliphatic rings. The zero-order valence-corrected chi connectivity index (χ0v) is 12.1. The Morgan fingerprint density at radius 3 is 3.05 bits per heavy atom. The highest BCUT2D eigenvalue weighted by atomic mass is 32.2. The van der Waals surface area contributed by atoms with E-state index in [2.05, 4.69) is 10.6 Å². The van der Waals surface area contributed by atoms with Crippen molar-refractivity contribution in [2.45, 2.75) is 17.9 Å². The van der Waals surface area contributed by atoms with Crippen LogP contribution in [0.15, 0.2) is 29.2 Å². The molecule has 5 heteroatoms. The predicted molar refractivity (Wildman–Crippen MR) is 78.6 cm³/mol. The molecule has 0 bridgehead atoms. The number of carbonyl (C=O) groups excluding carboxylic acids is 1. The van der Waals surface area contributed by atoms with Gasteiger partial charge in [-0.1, -0.05) is 13.0 Å². The molecule has 1 amide bonds. The highest BCUT2D eigenvalue weighted by Crippen LogP contribution is 2.21. The first-order chi connectivity index (χ1) is 9.24. The summed E-state index contributed by atoms with van der Waals surface area (Å²) in [7, 11) is 0. The van der Waals surface area contributed by atoms with E-state index in [1.165, 1.54) is 0 Å². The van der Waals surface area contributed by atoms with Crippen LogP contribution < -0.4 is 10.6 Å². The topological polar surface area (TPSA) is 50.4 Å². The number of hydrogen-bond acceptors (Lipinski definition) is 4. The first kappa shape index (κ1) is 14.4. The summed E-state index contributed by atoms with van der Waals surface area (Å²) in [5, 5.41) is 6.27. The molecule has 0 spiro atoms. The summed E-state index contributed by atoms with van der Waals surface area (Å²) >= 11 is 1.66. The molecular weight excluding hydrogens is 260 g/mol. The van der Waals surface area contributed by atoms with Gasteiger partial charge in [-0.2, -0.15) is 0 Å². The molecule has 19 heavy (non-hydrogen) atoms. The lowest BCUT2D eigenvalue weighted by Crippen LogP contribution is -2.41. The maximum atomic E-state index is 12.3. The summed E-state index contributed by atoms with van der Waals surface area (Å²) in [6.45, 7) is 3.98. The second-order valence-corrected chi connectivity index (χ2v) is 5.41. The average molecular weight is 280 g/mol. The molecule has 4 nitrogen and oxygen atoms in total. The van der Waals surface area contributed by atoms with Crippen LogP contribution in [0.2, 0.25) is 0 Å². The van der Waals surface area contributed by atoms with Gasteiger partial charge in [0, 0.05) is 16.6 Å². The van der Waals surface area contributed by atoms with Gasteiger partial charge in [-0.25, -0.2) is 0 Å². The summed E-state index contributed by atoms with van der Waals surface area (Å²) in [4.78, 5) is 13.4. The molecule has 2 N–H and O–H groups in total. The van der Waals surface area contributed by atoms with Gasteiger partial charge >= 0.3 is 0 Å². The van der Waals surface area contributed by atoms with Crippen LogP contribution in [0.5, 0.6) is 0 Å². The Balaban J connectivity index is 1.99. The van der Waals surface area contributed by atoms with Crippen molar-refractivity contribution in [3.05, 3.63) is 24.3 Å². The van der Waals surface area contributed by atoms with E-state index < -0.39 is 0 Å². The predicted octanol–water partition coefficient (Wildman–Crippen LogP) is 1.97. The van der Waals surface area contributed by atoms with Crippen molar-refractivity contribution in [3.8, 4) is 0 Å². The number of anilines is 1. The van der Waals surface area contributed by atoms with E-state index in [0.29, 0.717) is 13.2 Å². The Morgan fingerprint density at radius 2 is 2.32 bits per heavy atom. The first-order valence-electron chi connectivity index (χ1n) is 6.50. The van der Waals surface area contributed by atoms with Gasteiger partial charge in [0.05, 0.1) is 19.1 Å². The second-order valence-electron chi connectivity index (χ2n) is 4.53. The number of thioether (sulfide) groups is 1. The Kier molecular flexibility index (Phi) is 5.24. The SMILES string of the molecule is CCNC1COCC1C(=O)Nc1cccc(SC)c1. The van der Waals surface area contributed by atoms with Crippen molar-refractivity contribution in [2.75, 3.05) is 31.3 Å². The van der Waals surface area contributed by atoms with Gasteiger partial charge in [0.15, 0.2) is 0 Å². The molecule has 1 saturated heterocycles. The zero-order valence-electron chi connectivity index (χ0n) is 11.3. The first-order valence-corrected chi connectivity index (χ1v) is 7.73. The highest BCUT2D eigenvalue weighted by Gasteiger charge is 2.33. The van der Waals surface area contributed by atoms with Crippen molar-refractivity contribution >= 4 is 23.4 Å². The Morgan fingerprint density at radius 1 is 1.47 bits per heavy atom. The zero-order chi connectivity index (χ0) is 13.7. The lowest BCUT2D eigenvalue weighted by molar-refractivity contribution is -0.120. The molecule has 0 aromatic heterocycles. The molecule has 1 aromatic carbocycles. The number of hydrogen-bond donors (Lipinski definition) is 2. The average Bonchev–Trinajstić information content (AvgIpc) is 2.88. The number of ether oxygens (including phenoxy) is 1. The molecule has 104 valence electrons. The standard InChI is InChI=1S/C14H20N2O2S/c1-3-15-13-9-18-8-12(13)14(17)16-10-5-4-6-11(7-10)19-2/h4-7,12-13,15H,3,8-9H2,1-2H3,(H,16,17). The monoisotopic (exact) mass is 280 g/mol. The summed E-state index contributed by atoms with van der Waals surface area (Å²) in [5.74, 6) is -0.0837. The number of likely N-dealkylation sites (N-methyl/N-ethyl adjacent to an activating group) is 1. The van der Waals surface area contributed by atoms with Gasteiger partial charge in [-0.3, -0.25) is 4.79 Å². The molecule has 0 aliphatic carbocycles. The van der Waals surface area contributed by atoms with E-state index >= 15 is 0 Å². The Hall–Kier alpha value is -1.04. The fourth-order valence-electron chi connectivity index (χ4n) is 2.21. The lowest BCUT2D eigenvalue weighted by atomic mass is 10.0. The van der Waals surface area contributed by atoms with E-state index in [0.717, 1.165) is 17.1 Å². The lowest BCUT2D eigenvalue weighted by Gasteiger charge is -2.18. The molecule has 1 fully saturated rings. The van der Waals surface area contributed by atoms with Crippen molar-refractivity contribution in [2.24, 2.45) is 5.92 Å². The molecule has 0 saturated carbocycles. The van der Waals surface area contributed by atoms with Gasteiger partial charge in [-0.15, -0.1) is 11.8 Å². The van der Waals surface area contributed by atoms with Crippen molar-refractivity contribution in [1.29, 1.82) is 0 Å². The molecule has 0 radical (unpaired) electrons. The van der Waals surface area contributed by atoms with E-state index in [1.54, 1.807) is 11.8 Å². The van der Waals surface area contributed by atoms with Gasteiger partial charge < -0.3 is 15.4 Å². The van der Waals surface area contributed by atoms with Crippen LogP contribution in [0.1, 0.15) is 6.92 Å². The van der Waals surface area contributed by atoms with E-state index in [4.69, 9.17) is 4.74 Å². The smallest absolute Gasteiger partial charge is 0.231 e. The molecule has 1 heterocycles. The molecular formula is C14H20N2O2S. The van der Waals surface area contributed by atoms with E-state index in [9.17, 15) is 4.79 Å².